The second-order valence-electron chi connectivity index (χ2n) is 4.46. The molecule has 1 N–H and O–H groups in total. The zero-order valence-electron chi connectivity index (χ0n) is 11.5. The van der Waals surface area contributed by atoms with E-state index in [-0.39, 0.29) is 12.4 Å². The second kappa shape index (κ2) is 6.50. The van der Waals surface area contributed by atoms with Gasteiger partial charge in [-0.3, -0.25) is 0 Å². The first-order valence-electron chi connectivity index (χ1n) is 6.24. The molecule has 2 rings (SSSR count). The molecule has 0 fully saturated rings. The highest BCUT2D eigenvalue weighted by Crippen LogP contribution is 2.29. The number of halogens is 1. The Hall–Kier alpha value is -1.91. The van der Waals surface area contributed by atoms with Gasteiger partial charge in [0.15, 0.2) is 0 Å². The molecule has 2 aromatic rings. The van der Waals surface area contributed by atoms with Gasteiger partial charge >= 0.3 is 0 Å². The molecule has 0 aliphatic rings. The largest absolute Gasteiger partial charge is 0.497 e. The Balaban J connectivity index is 2.53. The Kier molecular flexibility index (Phi) is 4.71. The minimum absolute atomic E-state index is 0.194. The Morgan fingerprint density at radius 2 is 1.90 bits per heavy atom. The summed E-state index contributed by atoms with van der Waals surface area (Å²) in [5, 5.41) is 9.18. The molecule has 106 valence electrons. The SMILES string of the molecule is COCc1cc(OC)ccc1-c1cc(F)cc(CO)c1. The van der Waals surface area contributed by atoms with Gasteiger partial charge in [0.1, 0.15) is 11.6 Å². The van der Waals surface area contributed by atoms with Crippen molar-refractivity contribution in [2.24, 2.45) is 0 Å². The van der Waals surface area contributed by atoms with Crippen molar-refractivity contribution in [2.75, 3.05) is 14.2 Å². The average Bonchev–Trinajstić information content (AvgIpc) is 2.46. The van der Waals surface area contributed by atoms with Gasteiger partial charge in [-0.1, -0.05) is 6.07 Å². The molecule has 0 radical (unpaired) electrons. The van der Waals surface area contributed by atoms with Crippen molar-refractivity contribution in [3.63, 3.8) is 0 Å². The van der Waals surface area contributed by atoms with Crippen LogP contribution in [0.3, 0.4) is 0 Å². The lowest BCUT2D eigenvalue weighted by Crippen LogP contribution is -1.96. The third-order valence-corrected chi connectivity index (χ3v) is 3.06. The van der Waals surface area contributed by atoms with Crippen LogP contribution in [0.15, 0.2) is 36.4 Å². The summed E-state index contributed by atoms with van der Waals surface area (Å²) in [6.45, 7) is 0.206. The third kappa shape index (κ3) is 3.15. The maximum absolute atomic E-state index is 13.6. The molecule has 0 aliphatic carbocycles. The predicted octanol–water partition coefficient (Wildman–Crippen LogP) is 3.14. The zero-order chi connectivity index (χ0) is 14.5. The molecule has 3 nitrogen and oxygen atoms in total. The molecule has 20 heavy (non-hydrogen) atoms. The van der Waals surface area contributed by atoms with E-state index in [1.54, 1.807) is 20.3 Å². The van der Waals surface area contributed by atoms with E-state index in [4.69, 9.17) is 9.47 Å². The number of ether oxygens (including phenoxy) is 2. The summed E-state index contributed by atoms with van der Waals surface area (Å²) in [6.07, 6.45) is 0. The molecule has 0 heterocycles. The molecule has 0 saturated carbocycles. The highest BCUT2D eigenvalue weighted by Gasteiger charge is 2.09. The summed E-state index contributed by atoms with van der Waals surface area (Å²) in [5.41, 5.74) is 3.02. The Labute approximate surface area is 117 Å². The number of aliphatic hydroxyl groups is 1. The van der Waals surface area contributed by atoms with Crippen molar-refractivity contribution in [1.29, 1.82) is 0 Å². The van der Waals surface area contributed by atoms with E-state index < -0.39 is 0 Å². The molecule has 0 bridgehead atoms. The van der Waals surface area contributed by atoms with E-state index in [2.05, 4.69) is 0 Å². The summed E-state index contributed by atoms with van der Waals surface area (Å²) in [6, 6.07) is 10.1. The minimum atomic E-state index is -0.370. The van der Waals surface area contributed by atoms with E-state index in [9.17, 15) is 9.50 Å². The van der Waals surface area contributed by atoms with Crippen LogP contribution >= 0.6 is 0 Å². The molecule has 0 atom stereocenters. The Bertz CT molecular complexity index is 596. The molecular weight excluding hydrogens is 259 g/mol. The summed E-state index contributed by atoms with van der Waals surface area (Å²) in [4.78, 5) is 0. The van der Waals surface area contributed by atoms with Gasteiger partial charge in [0.2, 0.25) is 0 Å². The van der Waals surface area contributed by atoms with Crippen LogP contribution in [0.2, 0.25) is 0 Å². The summed E-state index contributed by atoms with van der Waals surface area (Å²) >= 11 is 0. The quantitative estimate of drug-likeness (QED) is 0.911. The minimum Gasteiger partial charge on any atom is -0.497 e. The normalized spacial score (nSPS) is 10.6. The van der Waals surface area contributed by atoms with E-state index in [1.165, 1.54) is 12.1 Å². The van der Waals surface area contributed by atoms with Gasteiger partial charge in [-0.2, -0.15) is 0 Å². The number of hydrogen-bond acceptors (Lipinski definition) is 3. The van der Waals surface area contributed by atoms with Gasteiger partial charge in [0.05, 0.1) is 20.3 Å². The van der Waals surface area contributed by atoms with Crippen LogP contribution in [0.4, 0.5) is 4.39 Å². The maximum Gasteiger partial charge on any atom is 0.124 e. The topological polar surface area (TPSA) is 38.7 Å². The predicted molar refractivity (Wildman–Crippen MR) is 75.0 cm³/mol. The van der Waals surface area contributed by atoms with E-state index >= 15 is 0 Å². The first-order chi connectivity index (χ1) is 9.67. The fourth-order valence-corrected chi connectivity index (χ4v) is 2.15. The molecule has 0 spiro atoms. The van der Waals surface area contributed by atoms with Gasteiger partial charge < -0.3 is 14.6 Å². The molecule has 0 aliphatic heterocycles. The molecule has 0 amide bonds. The lowest BCUT2D eigenvalue weighted by molar-refractivity contribution is 0.185. The summed E-state index contributed by atoms with van der Waals surface area (Å²) in [5.74, 6) is 0.352. The number of aliphatic hydroxyl groups excluding tert-OH is 1. The first-order valence-corrected chi connectivity index (χ1v) is 6.24. The Morgan fingerprint density at radius 3 is 2.55 bits per heavy atom. The van der Waals surface area contributed by atoms with Crippen LogP contribution in [0.25, 0.3) is 11.1 Å². The van der Waals surface area contributed by atoms with Crippen molar-refractivity contribution in [1.82, 2.24) is 0 Å². The monoisotopic (exact) mass is 276 g/mol. The lowest BCUT2D eigenvalue weighted by atomic mass is 9.98. The van der Waals surface area contributed by atoms with Crippen molar-refractivity contribution in [3.05, 3.63) is 53.3 Å². The van der Waals surface area contributed by atoms with Crippen LogP contribution in [0, 0.1) is 5.82 Å². The van der Waals surface area contributed by atoms with E-state index in [1.807, 2.05) is 18.2 Å². The van der Waals surface area contributed by atoms with Crippen molar-refractivity contribution < 1.29 is 19.0 Å². The third-order valence-electron chi connectivity index (χ3n) is 3.06. The molecule has 0 saturated heterocycles. The Morgan fingerprint density at radius 1 is 1.10 bits per heavy atom. The number of rotatable bonds is 5. The highest BCUT2D eigenvalue weighted by molar-refractivity contribution is 5.69. The van der Waals surface area contributed by atoms with Crippen molar-refractivity contribution >= 4 is 0 Å². The lowest BCUT2D eigenvalue weighted by Gasteiger charge is -2.12. The van der Waals surface area contributed by atoms with Crippen LogP contribution in [0.1, 0.15) is 11.1 Å². The van der Waals surface area contributed by atoms with Gasteiger partial charge in [0.25, 0.3) is 0 Å². The smallest absolute Gasteiger partial charge is 0.124 e. The number of methoxy groups -OCH3 is 2. The second-order valence-corrected chi connectivity index (χ2v) is 4.46. The highest BCUT2D eigenvalue weighted by atomic mass is 19.1. The number of benzene rings is 2. The van der Waals surface area contributed by atoms with Gasteiger partial charge in [-0.15, -0.1) is 0 Å². The van der Waals surface area contributed by atoms with Crippen LogP contribution < -0.4 is 4.74 Å². The average molecular weight is 276 g/mol. The molecule has 0 unspecified atom stereocenters. The van der Waals surface area contributed by atoms with E-state index in [0.29, 0.717) is 17.7 Å². The van der Waals surface area contributed by atoms with Gasteiger partial charge in [-0.25, -0.2) is 4.39 Å². The van der Waals surface area contributed by atoms with Gasteiger partial charge in [-0.05, 0) is 52.6 Å². The van der Waals surface area contributed by atoms with Gasteiger partial charge in [0, 0.05) is 7.11 Å². The fraction of sp³-hybridized carbons (Fsp3) is 0.250. The molecule has 2 aromatic carbocycles. The standard InChI is InChI=1S/C16H17FO3/c1-19-10-13-8-15(20-2)3-4-16(13)12-5-11(9-18)6-14(17)7-12/h3-8,18H,9-10H2,1-2H3. The zero-order valence-corrected chi connectivity index (χ0v) is 11.5. The van der Waals surface area contributed by atoms with Crippen LogP contribution in [-0.2, 0) is 18.0 Å². The van der Waals surface area contributed by atoms with Crippen LogP contribution in [0.5, 0.6) is 5.75 Å². The number of hydrogen-bond donors (Lipinski definition) is 1. The van der Waals surface area contributed by atoms with Crippen molar-refractivity contribution in [2.45, 2.75) is 13.2 Å². The molecular formula is C16H17FO3. The summed E-state index contributed by atoms with van der Waals surface area (Å²) < 4.78 is 24.0. The molecule has 4 heteroatoms. The first kappa shape index (κ1) is 14.5. The molecule has 0 aromatic heterocycles. The summed E-state index contributed by atoms with van der Waals surface area (Å²) in [7, 11) is 3.20. The van der Waals surface area contributed by atoms with E-state index in [0.717, 1.165) is 16.9 Å². The fourth-order valence-electron chi connectivity index (χ4n) is 2.15. The van der Waals surface area contributed by atoms with Crippen molar-refractivity contribution in [3.8, 4) is 16.9 Å². The van der Waals surface area contributed by atoms with Crippen LogP contribution in [-0.4, -0.2) is 19.3 Å². The maximum atomic E-state index is 13.6.